The number of rotatable bonds is 2. The van der Waals surface area contributed by atoms with Crippen molar-refractivity contribution in [3.05, 3.63) is 35.4 Å². The largest absolute Gasteiger partial charge is 0.496 e. The lowest BCUT2D eigenvalue weighted by Gasteiger charge is -2.04. The highest BCUT2D eigenvalue weighted by Crippen LogP contribution is 2.20. The summed E-state index contributed by atoms with van der Waals surface area (Å²) in [5.41, 5.74) is 2.07. The van der Waals surface area contributed by atoms with Crippen LogP contribution in [0.2, 0.25) is 0 Å². The van der Waals surface area contributed by atoms with E-state index in [2.05, 4.69) is 0 Å². The Morgan fingerprint density at radius 2 is 2.23 bits per heavy atom. The first-order valence-corrected chi connectivity index (χ1v) is 3.98. The Labute approximate surface area is 78.1 Å². The minimum Gasteiger partial charge on any atom is -0.496 e. The number of ether oxygens (including phenoxy) is 1. The van der Waals surface area contributed by atoms with Crippen molar-refractivity contribution in [1.29, 1.82) is 5.26 Å². The molecule has 0 unspecified atom stereocenters. The number of methoxy groups -OCH3 is 1. The van der Waals surface area contributed by atoms with Gasteiger partial charge >= 0.3 is 0 Å². The zero-order valence-electron chi connectivity index (χ0n) is 7.74. The van der Waals surface area contributed by atoms with Crippen molar-refractivity contribution in [2.75, 3.05) is 7.11 Å². The van der Waals surface area contributed by atoms with Crippen LogP contribution < -0.4 is 4.74 Å². The van der Waals surface area contributed by atoms with E-state index in [-0.39, 0.29) is 0 Å². The van der Waals surface area contributed by atoms with Crippen molar-refractivity contribution < 1.29 is 4.74 Å². The number of nitriles is 1. The van der Waals surface area contributed by atoms with E-state index < -0.39 is 0 Å². The number of aryl methyl sites for hydroxylation is 1. The summed E-state index contributed by atoms with van der Waals surface area (Å²) >= 11 is 0. The highest BCUT2D eigenvalue weighted by Gasteiger charge is 1.98. The van der Waals surface area contributed by atoms with Crippen LogP contribution in [0.15, 0.2) is 24.3 Å². The number of hydrogen-bond donors (Lipinski definition) is 0. The van der Waals surface area contributed by atoms with E-state index in [1.807, 2.05) is 31.2 Å². The summed E-state index contributed by atoms with van der Waals surface area (Å²) in [7, 11) is 1.62. The molecule has 2 nitrogen and oxygen atoms in total. The molecule has 0 fully saturated rings. The average molecular weight is 173 g/mol. The topological polar surface area (TPSA) is 33.0 Å². The monoisotopic (exact) mass is 173 g/mol. The van der Waals surface area contributed by atoms with E-state index in [0.717, 1.165) is 16.9 Å². The molecule has 0 aliphatic rings. The maximum absolute atomic E-state index is 8.37. The van der Waals surface area contributed by atoms with Crippen LogP contribution in [0.3, 0.4) is 0 Å². The quantitative estimate of drug-likeness (QED) is 0.644. The number of benzene rings is 1. The summed E-state index contributed by atoms with van der Waals surface area (Å²) in [5.74, 6) is 0.798. The molecule has 1 rings (SSSR count). The Balaban J connectivity index is 3.07. The number of hydrogen-bond acceptors (Lipinski definition) is 2. The summed E-state index contributed by atoms with van der Waals surface area (Å²) < 4.78 is 5.16. The van der Waals surface area contributed by atoms with Crippen LogP contribution in [0.25, 0.3) is 6.08 Å². The molecule has 0 saturated heterocycles. The molecule has 0 spiro atoms. The molecule has 0 amide bonds. The first kappa shape index (κ1) is 9.34. The summed E-state index contributed by atoms with van der Waals surface area (Å²) in [5, 5.41) is 8.37. The predicted octanol–water partition coefficient (Wildman–Crippen LogP) is 2.54. The Bertz CT molecular complexity index is 361. The zero-order valence-corrected chi connectivity index (χ0v) is 7.74. The van der Waals surface area contributed by atoms with Gasteiger partial charge in [-0.2, -0.15) is 5.26 Å². The van der Waals surface area contributed by atoms with Crippen molar-refractivity contribution in [1.82, 2.24) is 0 Å². The molecule has 0 bridgehead atoms. The van der Waals surface area contributed by atoms with Crippen LogP contribution in [0.1, 0.15) is 11.1 Å². The molecule has 2 heteroatoms. The predicted molar refractivity (Wildman–Crippen MR) is 52.4 cm³/mol. The molecule has 0 aliphatic heterocycles. The van der Waals surface area contributed by atoms with Crippen molar-refractivity contribution in [3.8, 4) is 11.8 Å². The van der Waals surface area contributed by atoms with Gasteiger partial charge < -0.3 is 4.74 Å². The molecule has 0 radical (unpaired) electrons. The normalized spacial score (nSPS) is 9.92. The van der Waals surface area contributed by atoms with Crippen LogP contribution in [0, 0.1) is 18.3 Å². The van der Waals surface area contributed by atoms with E-state index in [1.54, 1.807) is 13.2 Å². The number of allylic oxidation sites excluding steroid dienone is 1. The van der Waals surface area contributed by atoms with Crippen molar-refractivity contribution in [3.63, 3.8) is 0 Å². The van der Waals surface area contributed by atoms with E-state index >= 15 is 0 Å². The molecule has 13 heavy (non-hydrogen) atoms. The molecule has 0 N–H and O–H groups in total. The minimum atomic E-state index is 0.798. The zero-order chi connectivity index (χ0) is 9.68. The van der Waals surface area contributed by atoms with Gasteiger partial charge in [-0.1, -0.05) is 12.1 Å². The summed E-state index contributed by atoms with van der Waals surface area (Å²) in [6.07, 6.45) is 3.17. The Hall–Kier alpha value is -1.75. The van der Waals surface area contributed by atoms with Crippen LogP contribution in [-0.2, 0) is 0 Å². The SMILES string of the molecule is COc1cc(C)ccc1C=CC#N. The van der Waals surface area contributed by atoms with E-state index in [0.29, 0.717) is 0 Å². The van der Waals surface area contributed by atoms with Gasteiger partial charge in [0.1, 0.15) is 5.75 Å². The van der Waals surface area contributed by atoms with Crippen molar-refractivity contribution in [2.24, 2.45) is 0 Å². The molecule has 0 aliphatic carbocycles. The van der Waals surface area contributed by atoms with Gasteiger partial charge in [-0.15, -0.1) is 0 Å². The molecule has 66 valence electrons. The first-order valence-electron chi connectivity index (χ1n) is 3.98. The minimum absolute atomic E-state index is 0.798. The van der Waals surface area contributed by atoms with Crippen molar-refractivity contribution >= 4 is 6.08 Å². The molecule has 1 aromatic carbocycles. The highest BCUT2D eigenvalue weighted by molar-refractivity contribution is 5.59. The average Bonchev–Trinajstić information content (AvgIpc) is 2.16. The van der Waals surface area contributed by atoms with Gasteiger partial charge in [0, 0.05) is 11.6 Å². The van der Waals surface area contributed by atoms with Crippen LogP contribution in [0.5, 0.6) is 5.75 Å². The fourth-order valence-corrected chi connectivity index (χ4v) is 1.08. The molecule has 0 aromatic heterocycles. The lowest BCUT2D eigenvalue weighted by Crippen LogP contribution is -1.87. The lowest BCUT2D eigenvalue weighted by molar-refractivity contribution is 0.413. The maximum atomic E-state index is 8.37. The first-order chi connectivity index (χ1) is 6.27. The molecular formula is C11H11NO. The standard InChI is InChI=1S/C11H11NO/c1-9-5-6-10(4-3-7-12)11(8-9)13-2/h3-6,8H,1-2H3. The molecular weight excluding hydrogens is 162 g/mol. The summed E-state index contributed by atoms with van der Waals surface area (Å²) in [6, 6.07) is 7.81. The van der Waals surface area contributed by atoms with Gasteiger partial charge in [-0.05, 0) is 24.6 Å². The molecule has 0 atom stereocenters. The third-order valence-corrected chi connectivity index (χ3v) is 1.73. The second-order valence-electron chi connectivity index (χ2n) is 2.71. The second kappa shape index (κ2) is 4.32. The summed E-state index contributed by atoms with van der Waals surface area (Å²) in [6.45, 7) is 2.00. The molecule has 0 saturated carbocycles. The molecule has 1 aromatic rings. The van der Waals surface area contributed by atoms with Crippen LogP contribution in [-0.4, -0.2) is 7.11 Å². The fourth-order valence-electron chi connectivity index (χ4n) is 1.08. The van der Waals surface area contributed by atoms with Gasteiger partial charge in [0.15, 0.2) is 0 Å². The van der Waals surface area contributed by atoms with Crippen LogP contribution in [0.4, 0.5) is 0 Å². The van der Waals surface area contributed by atoms with Crippen LogP contribution >= 0.6 is 0 Å². The maximum Gasteiger partial charge on any atom is 0.126 e. The smallest absolute Gasteiger partial charge is 0.126 e. The highest BCUT2D eigenvalue weighted by atomic mass is 16.5. The fraction of sp³-hybridized carbons (Fsp3) is 0.182. The van der Waals surface area contributed by atoms with Gasteiger partial charge in [-0.25, -0.2) is 0 Å². The Kier molecular flexibility index (Phi) is 3.10. The third kappa shape index (κ3) is 2.34. The van der Waals surface area contributed by atoms with E-state index in [9.17, 15) is 0 Å². The van der Waals surface area contributed by atoms with Gasteiger partial charge in [0.05, 0.1) is 13.2 Å². The lowest BCUT2D eigenvalue weighted by atomic mass is 10.1. The number of nitrogens with zero attached hydrogens (tertiary/aromatic N) is 1. The van der Waals surface area contributed by atoms with Gasteiger partial charge in [0.2, 0.25) is 0 Å². The van der Waals surface area contributed by atoms with E-state index in [4.69, 9.17) is 10.00 Å². The van der Waals surface area contributed by atoms with Gasteiger partial charge in [-0.3, -0.25) is 0 Å². The summed E-state index contributed by atoms with van der Waals surface area (Å²) in [4.78, 5) is 0. The Morgan fingerprint density at radius 1 is 1.46 bits per heavy atom. The second-order valence-corrected chi connectivity index (χ2v) is 2.71. The molecule has 0 heterocycles. The van der Waals surface area contributed by atoms with Gasteiger partial charge in [0.25, 0.3) is 0 Å². The Morgan fingerprint density at radius 3 is 2.85 bits per heavy atom. The van der Waals surface area contributed by atoms with Crippen molar-refractivity contribution in [2.45, 2.75) is 6.92 Å². The van der Waals surface area contributed by atoms with E-state index in [1.165, 1.54) is 6.08 Å². The third-order valence-electron chi connectivity index (χ3n) is 1.73.